The zero-order chi connectivity index (χ0) is 15.8. The summed E-state index contributed by atoms with van der Waals surface area (Å²) in [5.74, 6) is 0.159. The molecule has 0 radical (unpaired) electrons. The molecule has 1 aromatic carbocycles. The summed E-state index contributed by atoms with van der Waals surface area (Å²) in [6.07, 6.45) is 3.16. The van der Waals surface area contributed by atoms with Gasteiger partial charge in [0.05, 0.1) is 19.3 Å². The molecule has 1 heterocycles. The van der Waals surface area contributed by atoms with Crippen LogP contribution >= 0.6 is 0 Å². The van der Waals surface area contributed by atoms with E-state index >= 15 is 0 Å². The van der Waals surface area contributed by atoms with Crippen LogP contribution in [0.5, 0.6) is 5.75 Å². The van der Waals surface area contributed by atoms with Crippen molar-refractivity contribution >= 4 is 12.0 Å². The van der Waals surface area contributed by atoms with E-state index in [2.05, 4.69) is 10.3 Å². The molecule has 1 amide bonds. The highest BCUT2D eigenvalue weighted by Gasteiger charge is 2.10. The number of nitriles is 1. The third kappa shape index (κ3) is 3.93. The SMILES string of the molecule is COc1ccccc1/C=C(\C#N)C(=O)NCc1ccccn1. The summed E-state index contributed by atoms with van der Waals surface area (Å²) in [5.41, 5.74) is 1.42. The number of hydrogen-bond acceptors (Lipinski definition) is 4. The van der Waals surface area contributed by atoms with E-state index in [0.29, 0.717) is 11.3 Å². The van der Waals surface area contributed by atoms with Gasteiger partial charge < -0.3 is 10.1 Å². The van der Waals surface area contributed by atoms with E-state index in [4.69, 9.17) is 4.74 Å². The number of nitrogens with zero attached hydrogens (tertiary/aromatic N) is 2. The molecule has 5 heteroatoms. The normalized spacial score (nSPS) is 10.6. The van der Waals surface area contributed by atoms with Crippen molar-refractivity contribution in [1.29, 1.82) is 5.26 Å². The molecule has 0 bridgehead atoms. The molecular weight excluding hydrogens is 278 g/mol. The number of amides is 1. The molecule has 0 aliphatic rings. The molecule has 0 saturated carbocycles. The Kier molecular flexibility index (Phi) is 5.27. The van der Waals surface area contributed by atoms with Gasteiger partial charge in [-0.2, -0.15) is 5.26 Å². The van der Waals surface area contributed by atoms with Gasteiger partial charge in [0.1, 0.15) is 17.4 Å². The van der Waals surface area contributed by atoms with Gasteiger partial charge in [0.2, 0.25) is 0 Å². The fourth-order valence-corrected chi connectivity index (χ4v) is 1.86. The summed E-state index contributed by atoms with van der Waals surface area (Å²) >= 11 is 0. The largest absolute Gasteiger partial charge is 0.496 e. The van der Waals surface area contributed by atoms with Crippen molar-refractivity contribution in [2.24, 2.45) is 0 Å². The number of hydrogen-bond donors (Lipinski definition) is 1. The number of methoxy groups -OCH3 is 1. The lowest BCUT2D eigenvalue weighted by molar-refractivity contribution is -0.117. The molecule has 5 nitrogen and oxygen atoms in total. The molecule has 1 aromatic heterocycles. The molecule has 2 aromatic rings. The first-order valence-electron chi connectivity index (χ1n) is 6.67. The summed E-state index contributed by atoms with van der Waals surface area (Å²) in [5, 5.41) is 11.9. The third-order valence-corrected chi connectivity index (χ3v) is 2.96. The van der Waals surface area contributed by atoms with Crippen molar-refractivity contribution in [3.8, 4) is 11.8 Å². The van der Waals surface area contributed by atoms with Gasteiger partial charge >= 0.3 is 0 Å². The van der Waals surface area contributed by atoms with E-state index in [-0.39, 0.29) is 12.1 Å². The number of para-hydroxylation sites is 1. The van der Waals surface area contributed by atoms with Crippen LogP contribution in [0.3, 0.4) is 0 Å². The van der Waals surface area contributed by atoms with Crippen LogP contribution in [0.15, 0.2) is 54.2 Å². The number of benzene rings is 1. The minimum Gasteiger partial charge on any atom is -0.496 e. The topological polar surface area (TPSA) is 75.0 Å². The second-order valence-electron chi connectivity index (χ2n) is 4.42. The van der Waals surface area contributed by atoms with E-state index in [0.717, 1.165) is 5.69 Å². The van der Waals surface area contributed by atoms with Crippen LogP contribution in [-0.2, 0) is 11.3 Å². The number of ether oxygens (including phenoxy) is 1. The molecule has 0 saturated heterocycles. The zero-order valence-corrected chi connectivity index (χ0v) is 12.1. The van der Waals surface area contributed by atoms with Crippen molar-refractivity contribution in [1.82, 2.24) is 10.3 Å². The van der Waals surface area contributed by atoms with Gasteiger partial charge in [-0.3, -0.25) is 9.78 Å². The predicted molar refractivity (Wildman–Crippen MR) is 82.7 cm³/mol. The number of rotatable bonds is 5. The Bertz CT molecular complexity index is 718. The van der Waals surface area contributed by atoms with Gasteiger partial charge in [0.15, 0.2) is 0 Å². The molecule has 0 unspecified atom stereocenters. The van der Waals surface area contributed by atoms with E-state index < -0.39 is 5.91 Å². The molecule has 22 heavy (non-hydrogen) atoms. The highest BCUT2D eigenvalue weighted by molar-refractivity contribution is 6.01. The standard InChI is InChI=1S/C17H15N3O2/c1-22-16-8-3-2-6-13(16)10-14(11-18)17(21)20-12-15-7-4-5-9-19-15/h2-10H,12H2,1H3,(H,20,21)/b14-10+. The zero-order valence-electron chi connectivity index (χ0n) is 12.1. The number of nitrogens with one attached hydrogen (secondary N) is 1. The molecule has 0 fully saturated rings. The van der Waals surface area contributed by atoms with Crippen LogP contribution in [0.1, 0.15) is 11.3 Å². The average molecular weight is 293 g/mol. The molecule has 2 rings (SSSR count). The van der Waals surface area contributed by atoms with Gasteiger partial charge in [0, 0.05) is 11.8 Å². The minimum absolute atomic E-state index is 0.0143. The molecule has 0 aliphatic carbocycles. The van der Waals surface area contributed by atoms with E-state index in [1.165, 1.54) is 6.08 Å². The molecule has 110 valence electrons. The molecule has 1 N–H and O–H groups in total. The molecular formula is C17H15N3O2. The smallest absolute Gasteiger partial charge is 0.262 e. The first-order chi connectivity index (χ1) is 10.7. The monoisotopic (exact) mass is 293 g/mol. The lowest BCUT2D eigenvalue weighted by atomic mass is 10.1. The Balaban J connectivity index is 2.12. The van der Waals surface area contributed by atoms with Crippen LogP contribution < -0.4 is 10.1 Å². The van der Waals surface area contributed by atoms with Crippen molar-refractivity contribution < 1.29 is 9.53 Å². The Morgan fingerprint density at radius 3 is 2.77 bits per heavy atom. The van der Waals surface area contributed by atoms with E-state index in [9.17, 15) is 10.1 Å². The van der Waals surface area contributed by atoms with E-state index in [1.54, 1.807) is 37.6 Å². The fourth-order valence-electron chi connectivity index (χ4n) is 1.86. The van der Waals surface area contributed by atoms with E-state index in [1.807, 2.05) is 24.3 Å². The highest BCUT2D eigenvalue weighted by atomic mass is 16.5. The quantitative estimate of drug-likeness (QED) is 0.678. The van der Waals surface area contributed by atoms with Crippen LogP contribution in [0.4, 0.5) is 0 Å². The summed E-state index contributed by atoms with van der Waals surface area (Å²) < 4.78 is 5.20. The molecule has 0 spiro atoms. The number of aromatic nitrogens is 1. The molecule has 0 atom stereocenters. The van der Waals surface area contributed by atoms with Crippen LogP contribution in [-0.4, -0.2) is 18.0 Å². The van der Waals surface area contributed by atoms with Crippen LogP contribution in [0, 0.1) is 11.3 Å². The molecule has 0 aliphatic heterocycles. The van der Waals surface area contributed by atoms with Crippen LogP contribution in [0.2, 0.25) is 0 Å². The minimum atomic E-state index is -0.445. The summed E-state index contributed by atoms with van der Waals surface area (Å²) in [7, 11) is 1.54. The predicted octanol–water partition coefficient (Wildman–Crippen LogP) is 2.31. The second-order valence-corrected chi connectivity index (χ2v) is 4.42. The Labute approximate surface area is 128 Å². The first kappa shape index (κ1) is 15.3. The number of carbonyl (C=O) groups excluding carboxylic acids is 1. The summed E-state index contributed by atoms with van der Waals surface area (Å²) in [6.45, 7) is 0.268. The van der Waals surface area contributed by atoms with Gasteiger partial charge in [-0.25, -0.2) is 0 Å². The van der Waals surface area contributed by atoms with Gasteiger partial charge in [0.25, 0.3) is 5.91 Å². The summed E-state index contributed by atoms with van der Waals surface area (Å²) in [6, 6.07) is 14.5. The van der Waals surface area contributed by atoms with Gasteiger partial charge in [-0.15, -0.1) is 0 Å². The Morgan fingerprint density at radius 2 is 2.09 bits per heavy atom. The Morgan fingerprint density at radius 1 is 1.32 bits per heavy atom. The van der Waals surface area contributed by atoms with Crippen molar-refractivity contribution in [3.63, 3.8) is 0 Å². The van der Waals surface area contributed by atoms with Crippen molar-refractivity contribution in [2.75, 3.05) is 7.11 Å². The first-order valence-corrected chi connectivity index (χ1v) is 6.67. The van der Waals surface area contributed by atoms with Crippen molar-refractivity contribution in [2.45, 2.75) is 6.54 Å². The Hall–Kier alpha value is -3.13. The lowest BCUT2D eigenvalue weighted by Gasteiger charge is -2.06. The maximum atomic E-state index is 12.1. The maximum absolute atomic E-state index is 12.1. The highest BCUT2D eigenvalue weighted by Crippen LogP contribution is 2.20. The number of carbonyl (C=O) groups is 1. The summed E-state index contributed by atoms with van der Waals surface area (Å²) in [4.78, 5) is 16.2. The third-order valence-electron chi connectivity index (χ3n) is 2.96. The second kappa shape index (κ2) is 7.60. The fraction of sp³-hybridized carbons (Fsp3) is 0.118. The lowest BCUT2D eigenvalue weighted by Crippen LogP contribution is -2.24. The number of pyridine rings is 1. The van der Waals surface area contributed by atoms with Gasteiger partial charge in [-0.1, -0.05) is 24.3 Å². The maximum Gasteiger partial charge on any atom is 0.262 e. The van der Waals surface area contributed by atoms with Crippen molar-refractivity contribution in [3.05, 3.63) is 65.5 Å². The average Bonchev–Trinajstić information content (AvgIpc) is 2.58. The van der Waals surface area contributed by atoms with Gasteiger partial charge in [-0.05, 0) is 24.3 Å². The van der Waals surface area contributed by atoms with Crippen LogP contribution in [0.25, 0.3) is 6.08 Å².